The Morgan fingerprint density at radius 1 is 1.21 bits per heavy atom. The number of hydrogen-bond acceptors (Lipinski definition) is 3. The molecular formula is C13H12BrCl2N3. The molecule has 0 aliphatic heterocycles. The van der Waals surface area contributed by atoms with Crippen molar-refractivity contribution in [3.63, 3.8) is 0 Å². The number of hydrogen-bond donors (Lipinski definition) is 1. The summed E-state index contributed by atoms with van der Waals surface area (Å²) in [5.74, 6) is 1.26. The van der Waals surface area contributed by atoms with Crippen LogP contribution in [0.25, 0.3) is 11.4 Å². The molecule has 6 heteroatoms. The number of nitrogens with one attached hydrogen (secondary N) is 1. The third kappa shape index (κ3) is 3.02. The lowest BCUT2D eigenvalue weighted by molar-refractivity contribution is 1.06. The second-order valence-electron chi connectivity index (χ2n) is 3.92. The first-order valence-corrected chi connectivity index (χ1v) is 7.31. The molecule has 1 aromatic heterocycles. The molecule has 3 nitrogen and oxygen atoms in total. The van der Waals surface area contributed by atoms with Gasteiger partial charge >= 0.3 is 0 Å². The van der Waals surface area contributed by atoms with Crippen molar-refractivity contribution in [1.29, 1.82) is 0 Å². The summed E-state index contributed by atoms with van der Waals surface area (Å²) in [7, 11) is 0. The van der Waals surface area contributed by atoms with Gasteiger partial charge in [0.2, 0.25) is 0 Å². The maximum atomic E-state index is 6.19. The molecule has 1 N–H and O–H groups in total. The van der Waals surface area contributed by atoms with Gasteiger partial charge in [-0.3, -0.25) is 0 Å². The van der Waals surface area contributed by atoms with Crippen LogP contribution < -0.4 is 5.32 Å². The summed E-state index contributed by atoms with van der Waals surface area (Å²) in [4.78, 5) is 8.92. The number of rotatable bonds is 3. The molecule has 0 unspecified atom stereocenters. The molecule has 0 spiro atoms. The van der Waals surface area contributed by atoms with Crippen LogP contribution in [-0.2, 0) is 0 Å². The van der Waals surface area contributed by atoms with Crippen LogP contribution >= 0.6 is 39.1 Å². The van der Waals surface area contributed by atoms with Crippen molar-refractivity contribution in [3.8, 4) is 11.4 Å². The monoisotopic (exact) mass is 359 g/mol. The van der Waals surface area contributed by atoms with Gasteiger partial charge in [-0.25, -0.2) is 9.97 Å². The van der Waals surface area contributed by atoms with Gasteiger partial charge in [-0.2, -0.15) is 0 Å². The molecule has 0 aliphatic carbocycles. The van der Waals surface area contributed by atoms with Crippen molar-refractivity contribution in [2.75, 3.05) is 11.9 Å². The molecule has 0 amide bonds. The van der Waals surface area contributed by atoms with Crippen LogP contribution in [0.4, 0.5) is 5.82 Å². The fourth-order valence-corrected chi connectivity index (χ4v) is 2.55. The summed E-state index contributed by atoms with van der Waals surface area (Å²) in [6.45, 7) is 4.68. The minimum atomic E-state index is 0.521. The van der Waals surface area contributed by atoms with Crippen molar-refractivity contribution in [2.24, 2.45) is 0 Å². The Morgan fingerprint density at radius 3 is 2.42 bits per heavy atom. The van der Waals surface area contributed by atoms with Crippen LogP contribution in [0.5, 0.6) is 0 Å². The molecule has 0 bridgehead atoms. The number of nitrogens with zero attached hydrogens (tertiary/aromatic N) is 2. The fourth-order valence-electron chi connectivity index (χ4n) is 1.67. The van der Waals surface area contributed by atoms with Gasteiger partial charge < -0.3 is 5.32 Å². The molecule has 1 heterocycles. The Labute approximate surface area is 130 Å². The number of anilines is 1. The standard InChI is InChI=1S/C13H12BrCl2N3/c1-3-17-13-11(14)7(2)18-12(19-13)10-8(15)5-4-6-9(10)16/h4-6H,3H2,1-2H3,(H,17,18,19). The SMILES string of the molecule is CCNc1nc(-c2c(Cl)cccc2Cl)nc(C)c1Br. The average molecular weight is 361 g/mol. The highest BCUT2D eigenvalue weighted by Crippen LogP contribution is 2.34. The Hall–Kier alpha value is -0.840. The van der Waals surface area contributed by atoms with Crippen LogP contribution in [0.15, 0.2) is 22.7 Å². The zero-order chi connectivity index (χ0) is 14.0. The van der Waals surface area contributed by atoms with Crippen LogP contribution in [0, 0.1) is 6.92 Å². The normalized spacial score (nSPS) is 10.6. The quantitative estimate of drug-likeness (QED) is 0.841. The van der Waals surface area contributed by atoms with Gasteiger partial charge in [-0.15, -0.1) is 0 Å². The van der Waals surface area contributed by atoms with Gasteiger partial charge in [0, 0.05) is 6.54 Å². The van der Waals surface area contributed by atoms with E-state index in [1.165, 1.54) is 0 Å². The van der Waals surface area contributed by atoms with Crippen LogP contribution in [0.1, 0.15) is 12.6 Å². The highest BCUT2D eigenvalue weighted by Gasteiger charge is 2.15. The van der Waals surface area contributed by atoms with E-state index >= 15 is 0 Å². The highest BCUT2D eigenvalue weighted by molar-refractivity contribution is 9.10. The van der Waals surface area contributed by atoms with E-state index in [2.05, 4.69) is 31.2 Å². The van der Waals surface area contributed by atoms with Crippen molar-refractivity contribution in [3.05, 3.63) is 38.4 Å². The second kappa shape index (κ2) is 6.07. The summed E-state index contributed by atoms with van der Waals surface area (Å²) < 4.78 is 0.848. The van der Waals surface area contributed by atoms with E-state index < -0.39 is 0 Å². The molecule has 0 saturated heterocycles. The molecule has 0 saturated carbocycles. The Morgan fingerprint density at radius 2 is 1.84 bits per heavy atom. The topological polar surface area (TPSA) is 37.8 Å². The lowest BCUT2D eigenvalue weighted by Crippen LogP contribution is -2.04. The van der Waals surface area contributed by atoms with Gasteiger partial charge in [0.15, 0.2) is 5.82 Å². The third-order valence-electron chi connectivity index (χ3n) is 2.55. The number of aromatic nitrogens is 2. The van der Waals surface area contributed by atoms with E-state index in [1.54, 1.807) is 18.2 Å². The van der Waals surface area contributed by atoms with Gasteiger partial charge in [0.25, 0.3) is 0 Å². The molecule has 0 atom stereocenters. The molecule has 0 fully saturated rings. The van der Waals surface area contributed by atoms with Gasteiger partial charge in [-0.1, -0.05) is 29.3 Å². The van der Waals surface area contributed by atoms with E-state index in [0.29, 0.717) is 21.4 Å². The Bertz CT molecular complexity index is 597. The van der Waals surface area contributed by atoms with Crippen molar-refractivity contribution >= 4 is 44.9 Å². The second-order valence-corrected chi connectivity index (χ2v) is 5.53. The van der Waals surface area contributed by atoms with E-state index in [1.807, 2.05) is 13.8 Å². The Kier molecular flexibility index (Phi) is 4.66. The van der Waals surface area contributed by atoms with E-state index in [4.69, 9.17) is 23.2 Å². The van der Waals surface area contributed by atoms with Crippen LogP contribution in [0.2, 0.25) is 10.0 Å². The number of aryl methyl sites for hydroxylation is 1. The van der Waals surface area contributed by atoms with Crippen LogP contribution in [-0.4, -0.2) is 16.5 Å². The largest absolute Gasteiger partial charge is 0.369 e. The molecule has 2 aromatic rings. The average Bonchev–Trinajstić information content (AvgIpc) is 2.35. The van der Waals surface area contributed by atoms with E-state index in [9.17, 15) is 0 Å². The van der Waals surface area contributed by atoms with Crippen molar-refractivity contribution < 1.29 is 0 Å². The number of benzene rings is 1. The summed E-state index contributed by atoms with van der Waals surface area (Å²) in [5.41, 5.74) is 1.48. The van der Waals surface area contributed by atoms with Crippen molar-refractivity contribution in [2.45, 2.75) is 13.8 Å². The summed E-state index contributed by atoms with van der Waals surface area (Å²) >= 11 is 15.8. The molecule has 2 rings (SSSR count). The van der Waals surface area contributed by atoms with Gasteiger partial charge in [-0.05, 0) is 41.9 Å². The molecule has 0 aliphatic rings. The lowest BCUT2D eigenvalue weighted by atomic mass is 10.2. The van der Waals surface area contributed by atoms with Crippen molar-refractivity contribution in [1.82, 2.24) is 9.97 Å². The number of halogens is 3. The highest BCUT2D eigenvalue weighted by atomic mass is 79.9. The lowest BCUT2D eigenvalue weighted by Gasteiger charge is -2.11. The molecule has 100 valence electrons. The first-order valence-electron chi connectivity index (χ1n) is 5.77. The van der Waals surface area contributed by atoms with E-state index in [-0.39, 0.29) is 0 Å². The molecule has 19 heavy (non-hydrogen) atoms. The third-order valence-corrected chi connectivity index (χ3v) is 4.13. The summed E-state index contributed by atoms with van der Waals surface area (Å²) in [5, 5.41) is 4.26. The fraction of sp³-hybridized carbons (Fsp3) is 0.231. The zero-order valence-corrected chi connectivity index (χ0v) is 13.6. The molecule has 0 radical (unpaired) electrons. The minimum absolute atomic E-state index is 0.521. The smallest absolute Gasteiger partial charge is 0.164 e. The maximum absolute atomic E-state index is 6.19. The predicted molar refractivity (Wildman–Crippen MR) is 84.1 cm³/mol. The van der Waals surface area contributed by atoms with Gasteiger partial charge in [0.05, 0.1) is 25.8 Å². The Balaban J connectivity index is 2.63. The minimum Gasteiger partial charge on any atom is -0.369 e. The molecular weight excluding hydrogens is 349 g/mol. The van der Waals surface area contributed by atoms with Gasteiger partial charge in [0.1, 0.15) is 5.82 Å². The van der Waals surface area contributed by atoms with Crippen LogP contribution in [0.3, 0.4) is 0 Å². The molecule has 1 aromatic carbocycles. The zero-order valence-electron chi connectivity index (χ0n) is 10.5. The van der Waals surface area contributed by atoms with E-state index in [0.717, 1.165) is 22.5 Å². The maximum Gasteiger partial charge on any atom is 0.164 e. The first-order chi connectivity index (χ1) is 9.04. The predicted octanol–water partition coefficient (Wildman–Crippen LogP) is 4.95. The summed E-state index contributed by atoms with van der Waals surface area (Å²) in [6, 6.07) is 5.35. The summed E-state index contributed by atoms with van der Waals surface area (Å²) in [6.07, 6.45) is 0. The first kappa shape index (κ1) is 14.6.